The number of pyridine rings is 2. The van der Waals surface area contributed by atoms with Crippen LogP contribution in [0.1, 0.15) is 0 Å². The van der Waals surface area contributed by atoms with Crippen molar-refractivity contribution in [1.29, 1.82) is 0 Å². The van der Waals surface area contributed by atoms with E-state index in [9.17, 15) is 0 Å². The van der Waals surface area contributed by atoms with Crippen LogP contribution in [0, 0.1) is 0 Å². The Morgan fingerprint density at radius 1 is 0.926 bits per heavy atom. The van der Waals surface area contributed by atoms with Gasteiger partial charge in [-0.1, -0.05) is 12.1 Å². The number of nitrogens with zero attached hydrogens (tertiary/aromatic N) is 6. The Labute approximate surface area is 153 Å². The number of hydrogen-bond acceptors (Lipinski definition) is 7. The van der Waals surface area contributed by atoms with Gasteiger partial charge in [0.15, 0.2) is 11.5 Å². The number of hydrogen-bond donors (Lipinski definition) is 1. The summed E-state index contributed by atoms with van der Waals surface area (Å²) in [5.41, 5.74) is 7.94. The minimum Gasteiger partial charge on any atom is -0.439 e. The summed E-state index contributed by atoms with van der Waals surface area (Å²) in [6, 6.07) is 16.9. The Hall–Kier alpha value is -4.07. The van der Waals surface area contributed by atoms with Crippen LogP contribution >= 0.6 is 0 Å². The second-order valence-electron chi connectivity index (χ2n) is 5.86. The smallest absolute Gasteiger partial charge is 0.224 e. The summed E-state index contributed by atoms with van der Waals surface area (Å²) in [6.07, 6.45) is 3.47. The van der Waals surface area contributed by atoms with Crippen molar-refractivity contribution >= 4 is 22.5 Å². The van der Waals surface area contributed by atoms with Crippen LogP contribution in [-0.2, 0) is 0 Å². The lowest BCUT2D eigenvalue weighted by Gasteiger charge is -2.07. The molecule has 2 N–H and O–H groups in total. The third-order valence-electron chi connectivity index (χ3n) is 4.07. The zero-order valence-corrected chi connectivity index (χ0v) is 14.0. The van der Waals surface area contributed by atoms with Gasteiger partial charge in [0.25, 0.3) is 0 Å². The van der Waals surface area contributed by atoms with E-state index in [2.05, 4.69) is 20.2 Å². The molecule has 0 bridgehead atoms. The normalized spacial score (nSPS) is 11.1. The van der Waals surface area contributed by atoms with Crippen LogP contribution in [0.3, 0.4) is 0 Å². The van der Waals surface area contributed by atoms with Gasteiger partial charge in [-0.2, -0.15) is 4.98 Å². The van der Waals surface area contributed by atoms with Gasteiger partial charge in [-0.25, -0.2) is 9.97 Å². The number of ether oxygens (including phenoxy) is 1. The molecule has 4 aromatic heterocycles. The maximum Gasteiger partial charge on any atom is 0.224 e. The first kappa shape index (κ1) is 15.2. The largest absolute Gasteiger partial charge is 0.439 e. The van der Waals surface area contributed by atoms with Crippen molar-refractivity contribution in [2.75, 3.05) is 5.73 Å². The van der Waals surface area contributed by atoms with Crippen molar-refractivity contribution in [3.63, 3.8) is 0 Å². The molecule has 0 amide bonds. The van der Waals surface area contributed by atoms with Crippen LogP contribution < -0.4 is 10.5 Å². The highest BCUT2D eigenvalue weighted by Crippen LogP contribution is 2.26. The lowest BCUT2D eigenvalue weighted by atomic mass is 10.2. The summed E-state index contributed by atoms with van der Waals surface area (Å²) in [5, 5.41) is 9.36. The minimum absolute atomic E-state index is 0.167. The molecule has 5 rings (SSSR count). The van der Waals surface area contributed by atoms with Gasteiger partial charge in [-0.05, 0) is 36.4 Å². The molecule has 0 spiro atoms. The summed E-state index contributed by atoms with van der Waals surface area (Å²) in [5.74, 6) is 1.90. The van der Waals surface area contributed by atoms with Crippen LogP contribution in [0.15, 0.2) is 67.0 Å². The van der Waals surface area contributed by atoms with E-state index in [0.29, 0.717) is 17.5 Å². The summed E-state index contributed by atoms with van der Waals surface area (Å²) < 4.78 is 7.65. The number of fused-ring (bicyclic) bond motifs is 2. The summed E-state index contributed by atoms with van der Waals surface area (Å²) in [7, 11) is 0. The molecule has 27 heavy (non-hydrogen) atoms. The van der Waals surface area contributed by atoms with Gasteiger partial charge in [0.2, 0.25) is 11.8 Å². The van der Waals surface area contributed by atoms with Crippen LogP contribution in [0.4, 0.5) is 5.95 Å². The van der Waals surface area contributed by atoms with Crippen molar-refractivity contribution < 1.29 is 4.74 Å². The highest BCUT2D eigenvalue weighted by molar-refractivity contribution is 5.82. The number of rotatable bonds is 3. The number of nitrogens with two attached hydrogens (primary N) is 1. The average Bonchev–Trinajstić information content (AvgIpc) is 3.12. The highest BCUT2D eigenvalue weighted by atomic mass is 16.5. The Balaban J connectivity index is 1.52. The van der Waals surface area contributed by atoms with Crippen molar-refractivity contribution in [1.82, 2.24) is 29.5 Å². The summed E-state index contributed by atoms with van der Waals surface area (Å²) in [6.45, 7) is 0. The molecule has 0 atom stereocenters. The number of aromatic nitrogens is 6. The topological polar surface area (TPSA) is 104 Å². The van der Waals surface area contributed by atoms with Crippen LogP contribution in [-0.4, -0.2) is 29.5 Å². The van der Waals surface area contributed by atoms with Crippen molar-refractivity contribution in [2.45, 2.75) is 0 Å². The fourth-order valence-corrected chi connectivity index (χ4v) is 2.84. The Bertz CT molecular complexity index is 1280. The van der Waals surface area contributed by atoms with Crippen molar-refractivity contribution in [3.05, 3.63) is 67.0 Å². The summed E-state index contributed by atoms with van der Waals surface area (Å²) >= 11 is 0. The number of nitrogen functional groups attached to an aromatic ring is 1. The molecular formula is C19H13N7O. The van der Waals surface area contributed by atoms with E-state index in [1.54, 1.807) is 12.3 Å². The molecule has 130 valence electrons. The van der Waals surface area contributed by atoms with Gasteiger partial charge in [0, 0.05) is 23.8 Å². The first-order chi connectivity index (χ1) is 13.3. The molecule has 0 radical (unpaired) electrons. The minimum atomic E-state index is 0.167. The molecule has 1 aromatic carbocycles. The number of anilines is 1. The predicted molar refractivity (Wildman–Crippen MR) is 100 cm³/mol. The monoisotopic (exact) mass is 355 g/mol. The second kappa shape index (κ2) is 6.03. The highest BCUT2D eigenvalue weighted by Gasteiger charge is 2.10. The lowest BCUT2D eigenvalue weighted by molar-refractivity contribution is 0.463. The van der Waals surface area contributed by atoms with E-state index >= 15 is 0 Å². The van der Waals surface area contributed by atoms with E-state index in [1.165, 1.54) is 0 Å². The molecule has 0 saturated heterocycles. The van der Waals surface area contributed by atoms with E-state index in [1.807, 2.05) is 59.1 Å². The maximum absolute atomic E-state index is 5.74. The van der Waals surface area contributed by atoms with Gasteiger partial charge in [0.1, 0.15) is 11.4 Å². The molecule has 0 aliphatic rings. The van der Waals surface area contributed by atoms with Crippen molar-refractivity contribution in [3.8, 4) is 23.1 Å². The molecule has 0 fully saturated rings. The van der Waals surface area contributed by atoms with E-state index in [4.69, 9.17) is 15.5 Å². The zero-order chi connectivity index (χ0) is 18.2. The fraction of sp³-hybridized carbons (Fsp3) is 0. The Kier molecular flexibility index (Phi) is 3.39. The van der Waals surface area contributed by atoms with E-state index < -0.39 is 0 Å². The third kappa shape index (κ3) is 2.78. The lowest BCUT2D eigenvalue weighted by Crippen LogP contribution is -1.96. The molecule has 0 unspecified atom stereocenters. The van der Waals surface area contributed by atoms with Gasteiger partial charge in [0.05, 0.1) is 5.52 Å². The van der Waals surface area contributed by atoms with Crippen LogP contribution in [0.5, 0.6) is 11.6 Å². The van der Waals surface area contributed by atoms with E-state index in [0.717, 1.165) is 22.2 Å². The van der Waals surface area contributed by atoms with Gasteiger partial charge in [-0.15, -0.1) is 10.2 Å². The van der Waals surface area contributed by atoms with Crippen molar-refractivity contribution in [2.24, 2.45) is 0 Å². The van der Waals surface area contributed by atoms with Gasteiger partial charge < -0.3 is 10.5 Å². The second-order valence-corrected chi connectivity index (χ2v) is 5.86. The Morgan fingerprint density at radius 3 is 2.81 bits per heavy atom. The summed E-state index contributed by atoms with van der Waals surface area (Å²) in [4.78, 5) is 12.6. The first-order valence-electron chi connectivity index (χ1n) is 8.24. The fourth-order valence-electron chi connectivity index (χ4n) is 2.84. The molecule has 4 heterocycles. The molecule has 0 saturated carbocycles. The van der Waals surface area contributed by atoms with Gasteiger partial charge in [-0.3, -0.25) is 4.40 Å². The third-order valence-corrected chi connectivity index (χ3v) is 4.07. The van der Waals surface area contributed by atoms with Crippen LogP contribution in [0.2, 0.25) is 0 Å². The predicted octanol–water partition coefficient (Wildman–Crippen LogP) is 3.11. The standard InChI is InChI=1S/C19H13N7O/c20-19-21-9-8-17(23-19)27-13-5-7-14-12(11-13)4-6-15(22-14)18-25-24-16-3-1-2-10-26(16)18/h1-11H,(H2,20,21,23). The number of benzene rings is 1. The Morgan fingerprint density at radius 2 is 1.89 bits per heavy atom. The quantitative estimate of drug-likeness (QED) is 0.530. The first-order valence-corrected chi connectivity index (χ1v) is 8.24. The van der Waals surface area contributed by atoms with Crippen LogP contribution in [0.25, 0.3) is 28.1 Å². The zero-order valence-electron chi connectivity index (χ0n) is 14.0. The van der Waals surface area contributed by atoms with Gasteiger partial charge >= 0.3 is 0 Å². The van der Waals surface area contributed by atoms with E-state index in [-0.39, 0.29) is 5.95 Å². The SMILES string of the molecule is Nc1nccc(Oc2ccc3nc(-c4nnc5ccccn45)ccc3c2)n1. The molecule has 0 aliphatic heterocycles. The molecule has 5 aromatic rings. The molecule has 0 aliphatic carbocycles. The average molecular weight is 355 g/mol. The molecular weight excluding hydrogens is 342 g/mol. The molecule has 8 nitrogen and oxygen atoms in total. The maximum atomic E-state index is 5.74. The molecule has 8 heteroatoms.